The lowest BCUT2D eigenvalue weighted by atomic mass is 9.94. The first-order valence-corrected chi connectivity index (χ1v) is 8.92. The maximum absolute atomic E-state index is 11.1. The van der Waals surface area contributed by atoms with E-state index in [1.807, 2.05) is 6.92 Å². The van der Waals surface area contributed by atoms with Crippen molar-refractivity contribution in [3.8, 4) is 0 Å². The highest BCUT2D eigenvalue weighted by molar-refractivity contribution is 7.90. The Bertz CT molecular complexity index is 510. The third kappa shape index (κ3) is 4.62. The first-order valence-electron chi connectivity index (χ1n) is 6.86. The molecule has 2 heterocycles. The summed E-state index contributed by atoms with van der Waals surface area (Å²) in [6.07, 6.45) is 4.37. The van der Waals surface area contributed by atoms with E-state index in [0.717, 1.165) is 43.9 Å². The summed E-state index contributed by atoms with van der Waals surface area (Å²) in [6, 6.07) is 2.12. The quantitative estimate of drug-likeness (QED) is 0.886. The second-order valence-electron chi connectivity index (χ2n) is 5.60. The van der Waals surface area contributed by atoms with E-state index in [9.17, 15) is 8.42 Å². The van der Waals surface area contributed by atoms with Gasteiger partial charge in [0.25, 0.3) is 0 Å². The third-order valence-corrected chi connectivity index (χ3v) is 4.67. The number of piperidine rings is 1. The van der Waals surface area contributed by atoms with Crippen LogP contribution in [0.1, 0.15) is 36.6 Å². The van der Waals surface area contributed by atoms with Gasteiger partial charge < -0.3 is 4.90 Å². The number of aryl methyl sites for hydroxylation is 1. The largest absolute Gasteiger partial charge is 0.303 e. The Labute approximate surface area is 115 Å². The number of rotatable bonds is 5. The maximum Gasteiger partial charge on any atom is 0.147 e. The molecule has 0 saturated carbocycles. The monoisotopic (exact) mass is 285 g/mol. The molecule has 0 aromatic carbocycles. The minimum absolute atomic E-state index is 0.287. The van der Waals surface area contributed by atoms with Crippen molar-refractivity contribution < 1.29 is 8.42 Å². The molecule has 0 bridgehead atoms. The minimum atomic E-state index is -2.83. The third-order valence-electron chi connectivity index (χ3n) is 3.64. The number of nitrogens with zero attached hydrogens (tertiary/aromatic N) is 2. The highest BCUT2D eigenvalue weighted by Gasteiger charge is 2.22. The smallest absolute Gasteiger partial charge is 0.147 e. The van der Waals surface area contributed by atoms with E-state index in [1.54, 1.807) is 0 Å². The molecule has 1 atom stereocenters. The molecule has 0 amide bonds. The Morgan fingerprint density at radius 3 is 2.95 bits per heavy atom. The molecule has 2 rings (SSSR count). The summed E-state index contributed by atoms with van der Waals surface area (Å²) in [7, 11) is -2.83. The Hall–Kier alpha value is -0.880. The molecule has 0 aliphatic carbocycles. The van der Waals surface area contributed by atoms with Crippen LogP contribution in [-0.4, -0.2) is 55.2 Å². The first-order chi connectivity index (χ1) is 8.94. The van der Waals surface area contributed by atoms with Crippen LogP contribution in [0, 0.1) is 6.92 Å². The summed E-state index contributed by atoms with van der Waals surface area (Å²) >= 11 is 0. The van der Waals surface area contributed by atoms with Gasteiger partial charge in [0.15, 0.2) is 0 Å². The molecule has 108 valence electrons. The average molecular weight is 285 g/mol. The summed E-state index contributed by atoms with van der Waals surface area (Å²) in [6.45, 7) is 4.95. The van der Waals surface area contributed by atoms with E-state index in [0.29, 0.717) is 5.92 Å². The molecule has 1 saturated heterocycles. The molecule has 6 heteroatoms. The Balaban J connectivity index is 1.84. The minimum Gasteiger partial charge on any atom is -0.303 e. The van der Waals surface area contributed by atoms with Gasteiger partial charge in [0, 0.05) is 24.4 Å². The first kappa shape index (κ1) is 14.5. The van der Waals surface area contributed by atoms with Gasteiger partial charge in [-0.3, -0.25) is 5.10 Å². The molecule has 1 fully saturated rings. The summed E-state index contributed by atoms with van der Waals surface area (Å²) < 4.78 is 22.3. The molecule has 5 nitrogen and oxygen atoms in total. The molecular formula is C13H23N3O2S. The van der Waals surface area contributed by atoms with E-state index in [1.165, 1.54) is 12.7 Å². The van der Waals surface area contributed by atoms with Crippen LogP contribution < -0.4 is 0 Å². The lowest BCUT2D eigenvalue weighted by molar-refractivity contribution is 0.207. The lowest BCUT2D eigenvalue weighted by Crippen LogP contribution is -2.35. The van der Waals surface area contributed by atoms with Gasteiger partial charge in [0.1, 0.15) is 9.84 Å². The molecule has 1 aromatic heterocycles. The van der Waals surface area contributed by atoms with Gasteiger partial charge in [0.2, 0.25) is 0 Å². The van der Waals surface area contributed by atoms with Crippen LogP contribution >= 0.6 is 0 Å². The zero-order valence-electron chi connectivity index (χ0n) is 11.7. The van der Waals surface area contributed by atoms with Crippen LogP contribution in [0.3, 0.4) is 0 Å². The SMILES string of the molecule is Cc1cc([C@@H]2CCCN(CCCS(C)(=O)=O)C2)n[nH]1. The number of hydrogen-bond acceptors (Lipinski definition) is 4. The molecule has 0 unspecified atom stereocenters. The lowest BCUT2D eigenvalue weighted by Gasteiger charge is -2.31. The molecule has 1 aliphatic rings. The van der Waals surface area contributed by atoms with Crippen LogP contribution in [0.5, 0.6) is 0 Å². The summed E-state index contributed by atoms with van der Waals surface area (Å²) in [5, 5.41) is 7.34. The average Bonchev–Trinajstić information content (AvgIpc) is 2.75. The molecular weight excluding hydrogens is 262 g/mol. The fourth-order valence-corrected chi connectivity index (χ4v) is 3.35. The topological polar surface area (TPSA) is 66.1 Å². The Kier molecular flexibility index (Phi) is 4.62. The number of aromatic amines is 1. The highest BCUT2D eigenvalue weighted by Crippen LogP contribution is 2.25. The van der Waals surface area contributed by atoms with Crippen LogP contribution in [-0.2, 0) is 9.84 Å². The fraction of sp³-hybridized carbons (Fsp3) is 0.769. The van der Waals surface area contributed by atoms with Gasteiger partial charge in [-0.2, -0.15) is 5.10 Å². The summed E-state index contributed by atoms with van der Waals surface area (Å²) in [4.78, 5) is 2.36. The molecule has 0 radical (unpaired) electrons. The predicted molar refractivity (Wildman–Crippen MR) is 76.1 cm³/mol. The highest BCUT2D eigenvalue weighted by atomic mass is 32.2. The number of H-pyrrole nitrogens is 1. The number of nitrogens with one attached hydrogen (secondary N) is 1. The molecule has 0 spiro atoms. The van der Waals surface area contributed by atoms with E-state index in [-0.39, 0.29) is 5.75 Å². The molecule has 1 N–H and O–H groups in total. The van der Waals surface area contributed by atoms with E-state index < -0.39 is 9.84 Å². The van der Waals surface area contributed by atoms with Gasteiger partial charge in [0.05, 0.1) is 11.4 Å². The standard InChI is InChI=1S/C13H23N3O2S/c1-11-9-13(15-14-11)12-5-3-6-16(10-12)7-4-8-19(2,17)18/h9,12H,3-8,10H2,1-2H3,(H,14,15)/t12-/m1/s1. The second kappa shape index (κ2) is 6.05. The fourth-order valence-electron chi connectivity index (χ4n) is 2.70. The van der Waals surface area contributed by atoms with Gasteiger partial charge in [-0.1, -0.05) is 0 Å². The van der Waals surface area contributed by atoms with Crippen LogP contribution in [0.15, 0.2) is 6.07 Å². The van der Waals surface area contributed by atoms with E-state index in [2.05, 4.69) is 21.2 Å². The van der Waals surface area contributed by atoms with Crippen molar-refractivity contribution in [3.63, 3.8) is 0 Å². The number of sulfone groups is 1. The van der Waals surface area contributed by atoms with Crippen LogP contribution in [0.2, 0.25) is 0 Å². The van der Waals surface area contributed by atoms with Crippen molar-refractivity contribution in [1.82, 2.24) is 15.1 Å². The number of hydrogen-bond donors (Lipinski definition) is 1. The summed E-state index contributed by atoms with van der Waals surface area (Å²) in [5.74, 6) is 0.771. The van der Waals surface area contributed by atoms with Crippen molar-refractivity contribution in [2.75, 3.05) is 31.6 Å². The zero-order chi connectivity index (χ0) is 13.9. The molecule has 1 aromatic rings. The zero-order valence-corrected chi connectivity index (χ0v) is 12.5. The predicted octanol–water partition coefficient (Wildman–Crippen LogP) is 1.33. The van der Waals surface area contributed by atoms with Gasteiger partial charge in [-0.05, 0) is 45.3 Å². The normalized spacial score (nSPS) is 21.7. The van der Waals surface area contributed by atoms with Crippen LogP contribution in [0.25, 0.3) is 0 Å². The number of aromatic nitrogens is 2. The van der Waals surface area contributed by atoms with Gasteiger partial charge >= 0.3 is 0 Å². The van der Waals surface area contributed by atoms with Crippen molar-refractivity contribution >= 4 is 9.84 Å². The van der Waals surface area contributed by atoms with Crippen LogP contribution in [0.4, 0.5) is 0 Å². The van der Waals surface area contributed by atoms with E-state index >= 15 is 0 Å². The van der Waals surface area contributed by atoms with Crippen molar-refractivity contribution in [3.05, 3.63) is 17.5 Å². The van der Waals surface area contributed by atoms with Crippen molar-refractivity contribution in [1.29, 1.82) is 0 Å². The van der Waals surface area contributed by atoms with Gasteiger partial charge in [-0.15, -0.1) is 0 Å². The molecule has 1 aliphatic heterocycles. The molecule has 19 heavy (non-hydrogen) atoms. The Morgan fingerprint density at radius 2 is 2.32 bits per heavy atom. The second-order valence-corrected chi connectivity index (χ2v) is 7.86. The van der Waals surface area contributed by atoms with Gasteiger partial charge in [-0.25, -0.2) is 8.42 Å². The van der Waals surface area contributed by atoms with Crippen molar-refractivity contribution in [2.45, 2.75) is 32.1 Å². The maximum atomic E-state index is 11.1. The Morgan fingerprint density at radius 1 is 1.53 bits per heavy atom. The van der Waals surface area contributed by atoms with Crippen molar-refractivity contribution in [2.24, 2.45) is 0 Å². The summed E-state index contributed by atoms with van der Waals surface area (Å²) in [5.41, 5.74) is 2.24. The van der Waals surface area contributed by atoms with E-state index in [4.69, 9.17) is 0 Å². The number of likely N-dealkylation sites (tertiary alicyclic amines) is 1.